The summed E-state index contributed by atoms with van der Waals surface area (Å²) in [6.45, 7) is 10.8. The number of hydrogen-bond acceptors (Lipinski definition) is 4. The van der Waals surface area contributed by atoms with Crippen LogP contribution in [0.2, 0.25) is 0 Å². The number of aromatic nitrogens is 2. The molecule has 0 bridgehead atoms. The van der Waals surface area contributed by atoms with E-state index >= 15 is 0 Å². The maximum Gasteiger partial charge on any atom is 0.0628 e. The van der Waals surface area contributed by atoms with Crippen LogP contribution in [0, 0.1) is 11.8 Å². The number of H-pyrrole nitrogens is 1. The van der Waals surface area contributed by atoms with Crippen molar-refractivity contribution in [1.82, 2.24) is 20.0 Å². The highest BCUT2D eigenvalue weighted by Gasteiger charge is 2.31. The van der Waals surface area contributed by atoms with Crippen molar-refractivity contribution in [3.05, 3.63) is 52.8 Å². The van der Waals surface area contributed by atoms with Crippen molar-refractivity contribution in [2.45, 2.75) is 58.5 Å². The van der Waals surface area contributed by atoms with Crippen LogP contribution in [0.5, 0.6) is 0 Å². The average molecular weight is 425 g/mol. The highest BCUT2D eigenvalue weighted by atomic mass is 16.5. The number of piperidine rings is 1. The van der Waals surface area contributed by atoms with Gasteiger partial charge in [-0.05, 0) is 67.7 Å². The largest absolute Gasteiger partial charge is 0.383 e. The summed E-state index contributed by atoms with van der Waals surface area (Å²) in [5, 5.41) is 7.81. The predicted octanol–water partition coefficient (Wildman–Crippen LogP) is 3.94. The third-order valence-corrected chi connectivity index (χ3v) is 6.92. The Morgan fingerprint density at radius 1 is 1.23 bits per heavy atom. The lowest BCUT2D eigenvalue weighted by molar-refractivity contribution is 0.0839. The Balaban J connectivity index is 1.33. The average Bonchev–Trinajstić information content (AvgIpc) is 3.38. The molecule has 1 aromatic heterocycles. The van der Waals surface area contributed by atoms with Crippen molar-refractivity contribution < 1.29 is 4.74 Å². The molecule has 0 spiro atoms. The summed E-state index contributed by atoms with van der Waals surface area (Å²) in [6, 6.07) is 12.0. The van der Waals surface area contributed by atoms with Crippen molar-refractivity contribution in [3.8, 4) is 0 Å². The zero-order valence-corrected chi connectivity index (χ0v) is 19.6. The second kappa shape index (κ2) is 10.8. The Hall–Kier alpha value is -1.69. The summed E-state index contributed by atoms with van der Waals surface area (Å²) in [5.74, 6) is 1.36. The Labute approximate surface area is 188 Å². The molecule has 0 saturated carbocycles. The number of ether oxygens (including phenoxy) is 1. The van der Waals surface area contributed by atoms with E-state index in [1.807, 2.05) is 0 Å². The number of aromatic amines is 1. The van der Waals surface area contributed by atoms with Crippen LogP contribution in [0.4, 0.5) is 0 Å². The first kappa shape index (κ1) is 22.5. The van der Waals surface area contributed by atoms with Gasteiger partial charge in [0.2, 0.25) is 0 Å². The normalized spacial score (nSPS) is 20.1. The second-order valence-electron chi connectivity index (χ2n) is 10.0. The van der Waals surface area contributed by atoms with E-state index in [1.165, 1.54) is 50.2 Å². The fraction of sp³-hybridized carbons (Fsp3) is 0.654. The highest BCUT2D eigenvalue weighted by molar-refractivity contribution is 5.33. The molecule has 1 atom stereocenters. The van der Waals surface area contributed by atoms with Gasteiger partial charge in [0, 0.05) is 45.0 Å². The first-order chi connectivity index (χ1) is 15.1. The smallest absolute Gasteiger partial charge is 0.0628 e. The third-order valence-electron chi connectivity index (χ3n) is 6.92. The van der Waals surface area contributed by atoms with Crippen LogP contribution in [-0.4, -0.2) is 65.9 Å². The quantitative estimate of drug-likeness (QED) is 0.628. The zero-order chi connectivity index (χ0) is 21.6. The molecule has 1 aliphatic heterocycles. The molecule has 170 valence electrons. The molecule has 5 nitrogen and oxygen atoms in total. The summed E-state index contributed by atoms with van der Waals surface area (Å²) in [5.41, 5.74) is 5.53. The van der Waals surface area contributed by atoms with Gasteiger partial charge in [-0.15, -0.1) is 0 Å². The molecule has 2 heterocycles. The van der Waals surface area contributed by atoms with Gasteiger partial charge in [0.05, 0.1) is 12.3 Å². The maximum atomic E-state index is 5.42. The van der Waals surface area contributed by atoms with E-state index in [2.05, 4.69) is 64.2 Å². The molecular weight excluding hydrogens is 384 g/mol. The number of nitrogens with one attached hydrogen (secondary N) is 1. The summed E-state index contributed by atoms with van der Waals surface area (Å²) < 4.78 is 5.42. The molecule has 1 unspecified atom stereocenters. The van der Waals surface area contributed by atoms with E-state index in [9.17, 15) is 0 Å². The van der Waals surface area contributed by atoms with Crippen LogP contribution in [0.25, 0.3) is 0 Å². The van der Waals surface area contributed by atoms with E-state index < -0.39 is 0 Å². The molecule has 1 fully saturated rings. The number of fused-ring (bicyclic) bond motifs is 1. The Morgan fingerprint density at radius 3 is 2.71 bits per heavy atom. The minimum atomic E-state index is 0.635. The van der Waals surface area contributed by atoms with E-state index in [1.54, 1.807) is 18.2 Å². The van der Waals surface area contributed by atoms with Gasteiger partial charge in [0.25, 0.3) is 0 Å². The molecule has 1 N–H and O–H groups in total. The lowest BCUT2D eigenvalue weighted by Crippen LogP contribution is -2.46. The fourth-order valence-corrected chi connectivity index (χ4v) is 5.45. The van der Waals surface area contributed by atoms with Gasteiger partial charge in [-0.2, -0.15) is 5.10 Å². The summed E-state index contributed by atoms with van der Waals surface area (Å²) >= 11 is 0. The van der Waals surface area contributed by atoms with Crippen LogP contribution in [-0.2, 0) is 30.5 Å². The summed E-state index contributed by atoms with van der Waals surface area (Å²) in [6.07, 6.45) is 6.14. The first-order valence-corrected chi connectivity index (χ1v) is 12.2. The van der Waals surface area contributed by atoms with Crippen LogP contribution in [0.1, 0.15) is 49.2 Å². The van der Waals surface area contributed by atoms with Gasteiger partial charge < -0.3 is 4.74 Å². The monoisotopic (exact) mass is 424 g/mol. The van der Waals surface area contributed by atoms with Crippen LogP contribution >= 0.6 is 0 Å². The molecule has 0 radical (unpaired) electrons. The third kappa shape index (κ3) is 6.18. The van der Waals surface area contributed by atoms with E-state index in [0.717, 1.165) is 38.6 Å². The van der Waals surface area contributed by atoms with E-state index in [-0.39, 0.29) is 0 Å². The van der Waals surface area contributed by atoms with Crippen molar-refractivity contribution in [3.63, 3.8) is 0 Å². The number of benzene rings is 1. The van der Waals surface area contributed by atoms with Crippen molar-refractivity contribution >= 4 is 0 Å². The minimum absolute atomic E-state index is 0.635. The number of likely N-dealkylation sites (tertiary alicyclic amines) is 1. The molecule has 4 rings (SSSR count). The highest BCUT2D eigenvalue weighted by Crippen LogP contribution is 2.29. The SMILES string of the molecule is COCCN(Cc1cc(CC(C)C)n[nH]1)CC1CCCN(C2Cc3ccccc3C2)C1. The zero-order valence-electron chi connectivity index (χ0n) is 19.6. The van der Waals surface area contributed by atoms with E-state index in [4.69, 9.17) is 4.74 Å². The first-order valence-electron chi connectivity index (χ1n) is 12.2. The lowest BCUT2D eigenvalue weighted by Gasteiger charge is -2.38. The summed E-state index contributed by atoms with van der Waals surface area (Å²) in [4.78, 5) is 5.34. The Morgan fingerprint density at radius 2 is 2.00 bits per heavy atom. The lowest BCUT2D eigenvalue weighted by atomic mass is 9.95. The van der Waals surface area contributed by atoms with Crippen LogP contribution < -0.4 is 0 Å². The van der Waals surface area contributed by atoms with Gasteiger partial charge in [-0.1, -0.05) is 38.1 Å². The van der Waals surface area contributed by atoms with Crippen LogP contribution in [0.3, 0.4) is 0 Å². The van der Waals surface area contributed by atoms with Crippen molar-refractivity contribution in [2.75, 3.05) is 39.9 Å². The topological polar surface area (TPSA) is 44.4 Å². The predicted molar refractivity (Wildman–Crippen MR) is 126 cm³/mol. The maximum absolute atomic E-state index is 5.42. The van der Waals surface area contributed by atoms with Crippen molar-refractivity contribution in [2.24, 2.45) is 11.8 Å². The van der Waals surface area contributed by atoms with Gasteiger partial charge >= 0.3 is 0 Å². The molecule has 2 aliphatic rings. The van der Waals surface area contributed by atoms with Gasteiger partial charge in [-0.25, -0.2) is 0 Å². The minimum Gasteiger partial charge on any atom is -0.383 e. The standard InChI is InChI=1S/C26H40N4O/c1-20(2)13-24-16-25(28-27-24)19-29(11-12-31-3)17-21-7-6-10-30(18-21)26-14-22-8-4-5-9-23(22)15-26/h4-5,8-9,16,20-21,26H,6-7,10-15,17-19H2,1-3H3,(H,27,28). The molecule has 1 aromatic carbocycles. The Kier molecular flexibility index (Phi) is 7.81. The second-order valence-corrected chi connectivity index (χ2v) is 10.0. The van der Waals surface area contributed by atoms with Gasteiger partial charge in [-0.3, -0.25) is 14.9 Å². The molecular formula is C26H40N4O. The van der Waals surface area contributed by atoms with Crippen LogP contribution in [0.15, 0.2) is 30.3 Å². The molecule has 31 heavy (non-hydrogen) atoms. The summed E-state index contributed by atoms with van der Waals surface area (Å²) in [7, 11) is 1.80. The number of nitrogens with zero attached hydrogens (tertiary/aromatic N) is 3. The molecule has 1 aliphatic carbocycles. The fourth-order valence-electron chi connectivity index (χ4n) is 5.45. The van der Waals surface area contributed by atoms with Gasteiger partial charge in [0.15, 0.2) is 0 Å². The molecule has 5 heteroatoms. The molecule has 2 aromatic rings. The number of rotatable bonds is 10. The number of hydrogen-bond donors (Lipinski definition) is 1. The van der Waals surface area contributed by atoms with Crippen molar-refractivity contribution in [1.29, 1.82) is 0 Å². The van der Waals surface area contributed by atoms with E-state index in [0.29, 0.717) is 12.0 Å². The molecule has 1 saturated heterocycles. The number of methoxy groups -OCH3 is 1. The van der Waals surface area contributed by atoms with Gasteiger partial charge in [0.1, 0.15) is 0 Å². The molecule has 0 amide bonds. The Bertz CT molecular complexity index is 792.